The normalized spacial score (nSPS) is 9.77. The van der Waals surface area contributed by atoms with E-state index in [0.717, 1.165) is 13.1 Å². The highest BCUT2D eigenvalue weighted by Gasteiger charge is 2.10. The molecule has 0 spiro atoms. The van der Waals surface area contributed by atoms with E-state index in [-0.39, 0.29) is 30.7 Å². The number of nitrogens with zero attached hydrogens (tertiary/aromatic N) is 3. The fraction of sp³-hybridized carbons (Fsp3) is 0.286. The van der Waals surface area contributed by atoms with Crippen molar-refractivity contribution in [3.05, 3.63) is 42.1 Å². The number of benzene rings is 1. The topological polar surface area (TPSA) is 76.2 Å². The van der Waals surface area contributed by atoms with Gasteiger partial charge < -0.3 is 16.0 Å². The first kappa shape index (κ1) is 20.2. The third-order valence-electron chi connectivity index (χ3n) is 2.86. The summed E-state index contributed by atoms with van der Waals surface area (Å²) in [6.07, 6.45) is 1.84. The van der Waals surface area contributed by atoms with E-state index < -0.39 is 0 Å². The van der Waals surface area contributed by atoms with Crippen LogP contribution in [-0.2, 0) is 6.54 Å². The summed E-state index contributed by atoms with van der Waals surface area (Å²) in [5.41, 5.74) is 6.68. The van der Waals surface area contributed by atoms with E-state index in [1.807, 2.05) is 20.3 Å². The molecule has 1 aromatic carbocycles. The van der Waals surface area contributed by atoms with Gasteiger partial charge in [0.05, 0.1) is 12.1 Å². The van der Waals surface area contributed by atoms with Gasteiger partial charge in [0.15, 0.2) is 5.82 Å². The lowest BCUT2D eigenvalue weighted by Gasteiger charge is -2.08. The number of nitrogen functional groups attached to an aromatic ring is 1. The number of halogens is 2. The standard InChI is InChI=1S/C14H19N5O.2ClH/c1-18(2)9-10-19-8-7-13(17-19)16-14(20)11-5-3-4-6-12(11)15;;/h3-8H,9-10,15H2,1-2H3,(H,16,17,20);2*1H. The van der Waals surface area contributed by atoms with Crippen LogP contribution in [-0.4, -0.2) is 41.2 Å². The molecule has 8 heteroatoms. The number of nitrogens with two attached hydrogens (primary N) is 1. The van der Waals surface area contributed by atoms with Crippen LogP contribution in [0.25, 0.3) is 0 Å². The zero-order chi connectivity index (χ0) is 14.5. The lowest BCUT2D eigenvalue weighted by molar-refractivity contribution is 0.102. The van der Waals surface area contributed by atoms with E-state index in [1.165, 1.54) is 0 Å². The van der Waals surface area contributed by atoms with Crippen molar-refractivity contribution in [2.75, 3.05) is 31.7 Å². The Hall–Kier alpha value is -1.76. The molecule has 0 bridgehead atoms. The van der Waals surface area contributed by atoms with Gasteiger partial charge in [-0.15, -0.1) is 24.8 Å². The Kier molecular flexibility index (Phi) is 8.55. The maximum Gasteiger partial charge on any atom is 0.258 e. The molecule has 0 unspecified atom stereocenters. The average Bonchev–Trinajstić information content (AvgIpc) is 2.84. The van der Waals surface area contributed by atoms with Crippen molar-refractivity contribution in [2.45, 2.75) is 6.54 Å². The smallest absolute Gasteiger partial charge is 0.258 e. The molecular weight excluding hydrogens is 325 g/mol. The molecule has 0 fully saturated rings. The zero-order valence-corrected chi connectivity index (χ0v) is 14.2. The largest absolute Gasteiger partial charge is 0.398 e. The van der Waals surface area contributed by atoms with E-state index >= 15 is 0 Å². The van der Waals surface area contributed by atoms with Gasteiger partial charge in [0.25, 0.3) is 5.91 Å². The summed E-state index contributed by atoms with van der Waals surface area (Å²) < 4.78 is 1.80. The van der Waals surface area contributed by atoms with Crippen LogP contribution in [0.4, 0.5) is 11.5 Å². The third-order valence-corrected chi connectivity index (χ3v) is 2.86. The Morgan fingerprint density at radius 1 is 1.27 bits per heavy atom. The number of likely N-dealkylation sites (N-methyl/N-ethyl adjacent to an activating group) is 1. The SMILES string of the molecule is CN(C)CCn1ccc(NC(=O)c2ccccc2N)n1.Cl.Cl. The number of amides is 1. The summed E-state index contributed by atoms with van der Waals surface area (Å²) in [6.45, 7) is 1.66. The molecule has 2 aromatic rings. The van der Waals surface area contributed by atoms with Crippen LogP contribution < -0.4 is 11.1 Å². The minimum Gasteiger partial charge on any atom is -0.398 e. The van der Waals surface area contributed by atoms with Gasteiger partial charge in [-0.25, -0.2) is 0 Å². The zero-order valence-electron chi connectivity index (χ0n) is 12.5. The molecule has 0 aliphatic carbocycles. The lowest BCUT2D eigenvalue weighted by atomic mass is 10.2. The van der Waals surface area contributed by atoms with Crippen LogP contribution >= 0.6 is 24.8 Å². The van der Waals surface area contributed by atoms with Gasteiger partial charge in [-0.3, -0.25) is 9.48 Å². The fourth-order valence-electron chi connectivity index (χ4n) is 1.74. The molecule has 0 saturated heterocycles. The summed E-state index contributed by atoms with van der Waals surface area (Å²) in [4.78, 5) is 14.1. The van der Waals surface area contributed by atoms with Crippen molar-refractivity contribution in [3.8, 4) is 0 Å². The first-order valence-electron chi connectivity index (χ1n) is 6.40. The molecule has 0 saturated carbocycles. The molecule has 1 heterocycles. The number of rotatable bonds is 5. The number of nitrogens with one attached hydrogen (secondary N) is 1. The fourth-order valence-corrected chi connectivity index (χ4v) is 1.74. The minimum atomic E-state index is -0.249. The van der Waals surface area contributed by atoms with Crippen LogP contribution in [0.2, 0.25) is 0 Å². The van der Waals surface area contributed by atoms with Gasteiger partial charge in [0.1, 0.15) is 0 Å². The first-order chi connectivity index (χ1) is 9.56. The Labute approximate surface area is 142 Å². The van der Waals surface area contributed by atoms with Crippen molar-refractivity contribution in [3.63, 3.8) is 0 Å². The monoisotopic (exact) mass is 345 g/mol. The quantitative estimate of drug-likeness (QED) is 0.813. The van der Waals surface area contributed by atoms with E-state index in [2.05, 4.69) is 15.3 Å². The highest BCUT2D eigenvalue weighted by Crippen LogP contribution is 2.13. The highest BCUT2D eigenvalue weighted by atomic mass is 35.5. The number of hydrogen-bond donors (Lipinski definition) is 2. The summed E-state index contributed by atoms with van der Waals surface area (Å²) in [5.74, 6) is 0.276. The molecule has 0 radical (unpaired) electrons. The number of carbonyl (C=O) groups excluding carboxylic acids is 1. The van der Waals surface area contributed by atoms with E-state index in [9.17, 15) is 4.79 Å². The maximum absolute atomic E-state index is 12.1. The molecule has 2 rings (SSSR count). The summed E-state index contributed by atoms with van der Waals surface area (Å²) in [5, 5.41) is 7.04. The van der Waals surface area contributed by atoms with Crippen LogP contribution in [0.3, 0.4) is 0 Å². The predicted molar refractivity (Wildman–Crippen MR) is 94.1 cm³/mol. The second kappa shape index (κ2) is 9.30. The number of aromatic nitrogens is 2. The Balaban J connectivity index is 0.00000220. The first-order valence-corrected chi connectivity index (χ1v) is 6.40. The Morgan fingerprint density at radius 3 is 2.59 bits per heavy atom. The Bertz CT molecular complexity index is 600. The van der Waals surface area contributed by atoms with E-state index in [1.54, 1.807) is 35.0 Å². The molecule has 22 heavy (non-hydrogen) atoms. The highest BCUT2D eigenvalue weighted by molar-refractivity contribution is 6.07. The number of hydrogen-bond acceptors (Lipinski definition) is 4. The van der Waals surface area contributed by atoms with Gasteiger partial charge in [0.2, 0.25) is 0 Å². The molecule has 0 atom stereocenters. The molecule has 0 aliphatic rings. The summed E-state index contributed by atoms with van der Waals surface area (Å²) >= 11 is 0. The van der Waals surface area contributed by atoms with E-state index in [0.29, 0.717) is 17.1 Å². The van der Waals surface area contributed by atoms with Gasteiger partial charge in [-0.2, -0.15) is 5.10 Å². The molecule has 1 amide bonds. The van der Waals surface area contributed by atoms with Crippen molar-refractivity contribution < 1.29 is 4.79 Å². The average molecular weight is 346 g/mol. The summed E-state index contributed by atoms with van der Waals surface area (Å²) in [6, 6.07) is 8.73. The van der Waals surface area contributed by atoms with Gasteiger partial charge in [-0.05, 0) is 26.2 Å². The maximum atomic E-state index is 12.1. The second-order valence-electron chi connectivity index (χ2n) is 4.81. The molecular formula is C14H21Cl2N5O. The Morgan fingerprint density at radius 2 is 1.95 bits per heavy atom. The third kappa shape index (κ3) is 5.55. The van der Waals surface area contributed by atoms with Crippen molar-refractivity contribution >= 4 is 42.2 Å². The minimum absolute atomic E-state index is 0. The lowest BCUT2D eigenvalue weighted by Crippen LogP contribution is -2.19. The van der Waals surface area contributed by atoms with Gasteiger partial charge in [0, 0.05) is 24.5 Å². The van der Waals surface area contributed by atoms with Crippen LogP contribution in [0.1, 0.15) is 10.4 Å². The van der Waals surface area contributed by atoms with Crippen LogP contribution in [0.5, 0.6) is 0 Å². The predicted octanol–water partition coefficient (Wildman–Crippen LogP) is 2.12. The summed E-state index contributed by atoms with van der Waals surface area (Å²) in [7, 11) is 4.01. The molecule has 3 N–H and O–H groups in total. The van der Waals surface area contributed by atoms with Crippen molar-refractivity contribution in [2.24, 2.45) is 0 Å². The van der Waals surface area contributed by atoms with Gasteiger partial charge in [-0.1, -0.05) is 12.1 Å². The van der Waals surface area contributed by atoms with Crippen LogP contribution in [0.15, 0.2) is 36.5 Å². The number of anilines is 2. The molecule has 0 aliphatic heterocycles. The van der Waals surface area contributed by atoms with Crippen LogP contribution in [0, 0.1) is 0 Å². The van der Waals surface area contributed by atoms with Gasteiger partial charge >= 0.3 is 0 Å². The number of para-hydroxylation sites is 1. The number of carbonyl (C=O) groups is 1. The van der Waals surface area contributed by atoms with Crippen molar-refractivity contribution in [1.82, 2.24) is 14.7 Å². The molecule has 1 aromatic heterocycles. The molecule has 6 nitrogen and oxygen atoms in total. The molecule has 122 valence electrons. The van der Waals surface area contributed by atoms with E-state index in [4.69, 9.17) is 5.73 Å². The van der Waals surface area contributed by atoms with Crippen molar-refractivity contribution in [1.29, 1.82) is 0 Å². The second-order valence-corrected chi connectivity index (χ2v) is 4.81.